The monoisotopic (exact) mass is 543 g/mol. The van der Waals surface area contributed by atoms with Gasteiger partial charge < -0.3 is 4.90 Å². The Hall–Kier alpha value is -3.64. The van der Waals surface area contributed by atoms with Crippen molar-refractivity contribution in [3.8, 4) is 0 Å². The van der Waals surface area contributed by atoms with Gasteiger partial charge in [-0.2, -0.15) is 8.42 Å². The lowest BCUT2D eigenvalue weighted by atomic mass is 9.97. The Bertz CT molecular complexity index is 1430. The van der Waals surface area contributed by atoms with Crippen molar-refractivity contribution < 1.29 is 36.2 Å². The number of rotatable bonds is 6. The summed E-state index contributed by atoms with van der Waals surface area (Å²) in [5.74, 6) is -3.41. The van der Waals surface area contributed by atoms with Crippen molar-refractivity contribution in [3.63, 3.8) is 0 Å². The standard InChI is InChI=1S/C26H26FN3O7S/c1-15-2-4-17(5-3-15)38(35,36)37-14-16-8-10-29(11-9-16)22-13-19-18(12-20(22)27)25(33)30(26(19)34)21-6-7-23(31)28-24(21)32/h2-5,12-13,16,21H,6-11,14H2,1H3,(H,28,31,32). The number of fused-ring (bicyclic) bond motifs is 1. The van der Waals surface area contributed by atoms with Crippen molar-refractivity contribution >= 4 is 39.4 Å². The molecule has 0 aromatic heterocycles. The van der Waals surface area contributed by atoms with Gasteiger partial charge in [-0.3, -0.25) is 33.6 Å². The van der Waals surface area contributed by atoms with Crippen molar-refractivity contribution in [1.82, 2.24) is 10.2 Å². The van der Waals surface area contributed by atoms with Crippen molar-refractivity contribution in [2.24, 2.45) is 5.92 Å². The summed E-state index contributed by atoms with van der Waals surface area (Å²) in [7, 11) is -3.88. The molecule has 0 spiro atoms. The highest BCUT2D eigenvalue weighted by Crippen LogP contribution is 2.34. The Balaban J connectivity index is 1.24. The zero-order valence-electron chi connectivity index (χ0n) is 20.6. The number of aryl methyl sites for hydroxylation is 1. The van der Waals surface area contributed by atoms with Gasteiger partial charge in [0.05, 0.1) is 28.3 Å². The second-order valence-corrected chi connectivity index (χ2v) is 11.4. The molecule has 3 aliphatic rings. The summed E-state index contributed by atoms with van der Waals surface area (Å²) in [6, 6.07) is 7.60. The quantitative estimate of drug-likeness (QED) is 0.433. The number of halogens is 1. The Morgan fingerprint density at radius 3 is 2.24 bits per heavy atom. The number of nitrogens with zero attached hydrogens (tertiary/aromatic N) is 2. The zero-order valence-corrected chi connectivity index (χ0v) is 21.4. The maximum Gasteiger partial charge on any atom is 0.296 e. The van der Waals surface area contributed by atoms with E-state index in [1.54, 1.807) is 17.0 Å². The van der Waals surface area contributed by atoms with Gasteiger partial charge in [0.25, 0.3) is 21.9 Å². The molecule has 3 heterocycles. The van der Waals surface area contributed by atoms with Gasteiger partial charge in [0.2, 0.25) is 11.8 Å². The number of nitrogens with one attached hydrogen (secondary N) is 1. The van der Waals surface area contributed by atoms with Crippen LogP contribution in [0.4, 0.5) is 10.1 Å². The van der Waals surface area contributed by atoms with Crippen LogP contribution in [-0.2, 0) is 23.9 Å². The first kappa shape index (κ1) is 26.0. The second kappa shape index (κ2) is 9.91. The number of carbonyl (C=O) groups is 4. The highest BCUT2D eigenvalue weighted by atomic mass is 32.2. The Morgan fingerprint density at radius 2 is 1.61 bits per heavy atom. The molecule has 1 unspecified atom stereocenters. The maximum atomic E-state index is 15.1. The molecule has 10 nitrogen and oxygen atoms in total. The van der Waals surface area contributed by atoms with Gasteiger partial charge in [0.1, 0.15) is 11.9 Å². The van der Waals surface area contributed by atoms with Crippen LogP contribution in [-0.4, -0.2) is 62.7 Å². The summed E-state index contributed by atoms with van der Waals surface area (Å²) in [6.45, 7) is 2.66. The summed E-state index contributed by atoms with van der Waals surface area (Å²) >= 11 is 0. The molecule has 1 atom stereocenters. The van der Waals surface area contributed by atoms with Gasteiger partial charge in [-0.25, -0.2) is 4.39 Å². The summed E-state index contributed by atoms with van der Waals surface area (Å²) in [5.41, 5.74) is 0.975. The molecule has 4 amide bonds. The topological polar surface area (TPSA) is 130 Å². The van der Waals surface area contributed by atoms with Crippen LogP contribution in [0.3, 0.4) is 0 Å². The molecule has 38 heavy (non-hydrogen) atoms. The van der Waals surface area contributed by atoms with Crippen molar-refractivity contribution in [1.29, 1.82) is 0 Å². The van der Waals surface area contributed by atoms with Crippen LogP contribution in [0.2, 0.25) is 0 Å². The fraction of sp³-hybridized carbons (Fsp3) is 0.385. The maximum absolute atomic E-state index is 15.1. The predicted octanol–water partition coefficient (Wildman–Crippen LogP) is 2.16. The van der Waals surface area contributed by atoms with Crippen molar-refractivity contribution in [3.05, 3.63) is 58.9 Å². The van der Waals surface area contributed by atoms with E-state index in [1.807, 2.05) is 6.92 Å². The van der Waals surface area contributed by atoms with Gasteiger partial charge in [0, 0.05) is 19.5 Å². The second-order valence-electron chi connectivity index (χ2n) is 9.78. The molecule has 2 aromatic carbocycles. The van der Waals surface area contributed by atoms with E-state index in [-0.39, 0.29) is 47.1 Å². The van der Waals surface area contributed by atoms with Gasteiger partial charge >= 0.3 is 0 Å². The number of carbonyl (C=O) groups excluding carboxylic acids is 4. The van der Waals surface area contributed by atoms with Crippen molar-refractivity contribution in [2.45, 2.75) is 43.5 Å². The van der Waals surface area contributed by atoms with Gasteiger partial charge in [-0.15, -0.1) is 0 Å². The molecule has 12 heteroatoms. The van der Waals surface area contributed by atoms with Crippen LogP contribution in [0.25, 0.3) is 0 Å². The number of benzene rings is 2. The minimum Gasteiger partial charge on any atom is -0.369 e. The lowest BCUT2D eigenvalue weighted by molar-refractivity contribution is -0.136. The normalized spacial score (nSPS) is 20.6. The minimum atomic E-state index is -3.88. The first-order chi connectivity index (χ1) is 18.0. The molecule has 0 aliphatic carbocycles. The average Bonchev–Trinajstić information content (AvgIpc) is 3.12. The van der Waals surface area contributed by atoms with Crippen molar-refractivity contribution in [2.75, 3.05) is 24.6 Å². The predicted molar refractivity (Wildman–Crippen MR) is 132 cm³/mol. The summed E-state index contributed by atoms with van der Waals surface area (Å²) < 4.78 is 45.3. The average molecular weight is 544 g/mol. The number of anilines is 1. The van der Waals surface area contributed by atoms with Crippen LogP contribution < -0.4 is 10.2 Å². The largest absolute Gasteiger partial charge is 0.369 e. The molecule has 5 rings (SSSR count). The number of amides is 4. The molecule has 2 aromatic rings. The van der Waals surface area contributed by atoms with Gasteiger partial charge in [-0.05, 0) is 56.4 Å². The number of hydrogen-bond donors (Lipinski definition) is 1. The van der Waals surface area contributed by atoms with Crippen LogP contribution in [0.15, 0.2) is 41.3 Å². The summed E-state index contributed by atoms with van der Waals surface area (Å²) in [6.07, 6.45) is 1.08. The third kappa shape index (κ3) is 4.81. The molecule has 3 aliphatic heterocycles. The lowest BCUT2D eigenvalue weighted by Crippen LogP contribution is -2.54. The molecule has 1 N–H and O–H groups in total. The Kier molecular flexibility index (Phi) is 6.78. The highest BCUT2D eigenvalue weighted by molar-refractivity contribution is 7.86. The number of hydrogen-bond acceptors (Lipinski definition) is 8. The fourth-order valence-corrected chi connectivity index (χ4v) is 6.00. The minimum absolute atomic E-state index is 0.00459. The number of piperidine rings is 2. The molecule has 0 saturated carbocycles. The number of imide groups is 2. The Morgan fingerprint density at radius 1 is 0.974 bits per heavy atom. The third-order valence-electron chi connectivity index (χ3n) is 7.23. The molecule has 0 bridgehead atoms. The molecule has 2 fully saturated rings. The van der Waals surface area contributed by atoms with Crippen LogP contribution in [0.1, 0.15) is 52.0 Å². The first-order valence-corrected chi connectivity index (χ1v) is 13.7. The zero-order chi connectivity index (χ0) is 27.2. The van der Waals surface area contributed by atoms with E-state index in [2.05, 4.69) is 5.32 Å². The Labute approximate surface area is 218 Å². The van der Waals surface area contributed by atoms with E-state index < -0.39 is 45.6 Å². The van der Waals surface area contributed by atoms with Crippen LogP contribution in [0, 0.1) is 18.7 Å². The van der Waals surface area contributed by atoms with Crippen LogP contribution >= 0.6 is 0 Å². The summed E-state index contributed by atoms with van der Waals surface area (Å²) in [4.78, 5) is 52.3. The van der Waals surface area contributed by atoms with Crippen LogP contribution in [0.5, 0.6) is 0 Å². The highest BCUT2D eigenvalue weighted by Gasteiger charge is 2.45. The first-order valence-electron chi connectivity index (χ1n) is 12.3. The molecule has 2 saturated heterocycles. The third-order valence-corrected chi connectivity index (χ3v) is 8.53. The molecule has 0 radical (unpaired) electrons. The molecular formula is C26H26FN3O7S. The van der Waals surface area contributed by atoms with E-state index in [0.29, 0.717) is 25.9 Å². The summed E-state index contributed by atoms with van der Waals surface area (Å²) in [5, 5.41) is 2.13. The lowest BCUT2D eigenvalue weighted by Gasteiger charge is -2.33. The van der Waals surface area contributed by atoms with E-state index in [9.17, 15) is 27.6 Å². The van der Waals surface area contributed by atoms with Gasteiger partial charge in [-0.1, -0.05) is 17.7 Å². The van der Waals surface area contributed by atoms with E-state index in [0.717, 1.165) is 16.5 Å². The SMILES string of the molecule is Cc1ccc(S(=O)(=O)OCC2CCN(c3cc4c(cc3F)C(=O)N(C3CCC(=O)NC3=O)C4=O)CC2)cc1. The molecular weight excluding hydrogens is 517 g/mol. The van der Waals surface area contributed by atoms with E-state index in [1.165, 1.54) is 18.2 Å². The van der Waals surface area contributed by atoms with E-state index >= 15 is 4.39 Å². The molecule has 200 valence electrons. The fourth-order valence-electron chi connectivity index (χ4n) is 5.02. The smallest absolute Gasteiger partial charge is 0.296 e. The van der Waals surface area contributed by atoms with E-state index in [4.69, 9.17) is 4.18 Å². The van der Waals surface area contributed by atoms with Gasteiger partial charge in [0.15, 0.2) is 0 Å².